The molecule has 3 rings (SSSR count). The molecule has 2 saturated heterocycles. The molecule has 2 N–H and O–H groups in total. The van der Waals surface area contributed by atoms with Crippen LogP contribution in [0.3, 0.4) is 0 Å². The van der Waals surface area contributed by atoms with E-state index in [1.54, 1.807) is 13.4 Å². The number of methoxy groups -OCH3 is 1. The van der Waals surface area contributed by atoms with Crippen molar-refractivity contribution in [2.75, 3.05) is 23.9 Å². The lowest BCUT2D eigenvalue weighted by molar-refractivity contribution is 0.125. The third-order valence-electron chi connectivity index (χ3n) is 4.48. The molecule has 21 heavy (non-hydrogen) atoms. The summed E-state index contributed by atoms with van der Waals surface area (Å²) in [6.07, 6.45) is 6.33. The number of aliphatic hydroxyl groups is 1. The Kier molecular flexibility index (Phi) is 4.14. The van der Waals surface area contributed by atoms with Gasteiger partial charge in [0.25, 0.3) is 0 Å². The fourth-order valence-corrected chi connectivity index (χ4v) is 3.60. The van der Waals surface area contributed by atoms with E-state index in [9.17, 15) is 5.11 Å². The molecule has 0 aliphatic carbocycles. The number of nitrogens with zero attached hydrogens (tertiary/aromatic N) is 3. The van der Waals surface area contributed by atoms with E-state index < -0.39 is 0 Å². The number of aromatic nitrogens is 2. The van der Waals surface area contributed by atoms with E-state index in [2.05, 4.69) is 27.1 Å². The van der Waals surface area contributed by atoms with Gasteiger partial charge in [0.1, 0.15) is 6.33 Å². The highest BCUT2D eigenvalue weighted by Crippen LogP contribution is 2.43. The van der Waals surface area contributed by atoms with Crippen LogP contribution in [0.5, 0.6) is 5.75 Å². The van der Waals surface area contributed by atoms with Crippen molar-refractivity contribution in [3.8, 4) is 5.75 Å². The Hall–Kier alpha value is -1.56. The van der Waals surface area contributed by atoms with Crippen LogP contribution >= 0.6 is 0 Å². The Morgan fingerprint density at radius 2 is 2.05 bits per heavy atom. The van der Waals surface area contributed by atoms with Crippen LogP contribution in [0.15, 0.2) is 6.33 Å². The zero-order chi connectivity index (χ0) is 14.8. The van der Waals surface area contributed by atoms with Crippen LogP contribution in [0, 0.1) is 0 Å². The minimum Gasteiger partial charge on any atom is -0.490 e. The van der Waals surface area contributed by atoms with Gasteiger partial charge in [0.05, 0.1) is 13.2 Å². The molecule has 2 unspecified atom stereocenters. The van der Waals surface area contributed by atoms with Gasteiger partial charge in [-0.15, -0.1) is 0 Å². The summed E-state index contributed by atoms with van der Waals surface area (Å²) in [5, 5.41) is 13.2. The van der Waals surface area contributed by atoms with E-state index in [1.165, 1.54) is 0 Å². The molecule has 3 heterocycles. The summed E-state index contributed by atoms with van der Waals surface area (Å²) < 4.78 is 5.59. The molecule has 0 aromatic carbocycles. The van der Waals surface area contributed by atoms with Gasteiger partial charge in [-0.3, -0.25) is 0 Å². The number of aliphatic hydroxyl groups excluding tert-OH is 1. The van der Waals surface area contributed by atoms with Crippen molar-refractivity contribution in [3.05, 3.63) is 6.33 Å². The van der Waals surface area contributed by atoms with Gasteiger partial charge in [-0.2, -0.15) is 0 Å². The van der Waals surface area contributed by atoms with Crippen LogP contribution < -0.4 is 15.0 Å². The van der Waals surface area contributed by atoms with Crippen molar-refractivity contribution in [3.63, 3.8) is 0 Å². The molecule has 2 aliphatic heterocycles. The fourth-order valence-electron chi connectivity index (χ4n) is 3.60. The summed E-state index contributed by atoms with van der Waals surface area (Å²) in [5.41, 5.74) is 0. The fraction of sp³-hybridized carbons (Fsp3) is 0.733. The Labute approximate surface area is 125 Å². The van der Waals surface area contributed by atoms with Crippen LogP contribution in [-0.2, 0) is 0 Å². The highest BCUT2D eigenvalue weighted by Gasteiger charge is 2.42. The van der Waals surface area contributed by atoms with Crippen molar-refractivity contribution in [2.45, 2.75) is 57.2 Å². The molecule has 2 fully saturated rings. The summed E-state index contributed by atoms with van der Waals surface area (Å²) in [5.74, 6) is 2.35. The monoisotopic (exact) mass is 292 g/mol. The maximum Gasteiger partial charge on any atom is 0.204 e. The second-order valence-electron chi connectivity index (χ2n) is 5.92. The smallest absolute Gasteiger partial charge is 0.204 e. The quantitative estimate of drug-likeness (QED) is 0.862. The normalized spacial score (nSPS) is 27.8. The van der Waals surface area contributed by atoms with Gasteiger partial charge in [-0.1, -0.05) is 6.92 Å². The highest BCUT2D eigenvalue weighted by molar-refractivity contribution is 5.66. The van der Waals surface area contributed by atoms with E-state index in [0.29, 0.717) is 12.1 Å². The van der Waals surface area contributed by atoms with Gasteiger partial charge in [0.2, 0.25) is 5.75 Å². The molecule has 1 aromatic rings. The molecular formula is C15H24N4O2. The van der Waals surface area contributed by atoms with Gasteiger partial charge < -0.3 is 20.1 Å². The first kappa shape index (κ1) is 14.4. The number of piperidine rings is 1. The minimum absolute atomic E-state index is 0.177. The van der Waals surface area contributed by atoms with Crippen LogP contribution in [0.2, 0.25) is 0 Å². The molecule has 0 saturated carbocycles. The molecule has 116 valence electrons. The van der Waals surface area contributed by atoms with Crippen LogP contribution in [0.1, 0.15) is 39.0 Å². The van der Waals surface area contributed by atoms with Gasteiger partial charge in [0.15, 0.2) is 11.6 Å². The van der Waals surface area contributed by atoms with Crippen molar-refractivity contribution in [1.29, 1.82) is 0 Å². The van der Waals surface area contributed by atoms with E-state index in [1.807, 2.05) is 0 Å². The minimum atomic E-state index is -0.177. The largest absolute Gasteiger partial charge is 0.490 e. The predicted molar refractivity (Wildman–Crippen MR) is 81.9 cm³/mol. The summed E-state index contributed by atoms with van der Waals surface area (Å²) in [6, 6.07) is 0.725. The van der Waals surface area contributed by atoms with Gasteiger partial charge in [-0.25, -0.2) is 9.97 Å². The average Bonchev–Trinajstić information content (AvgIpc) is 2.76. The Morgan fingerprint density at radius 3 is 2.67 bits per heavy atom. The Bertz CT molecular complexity index is 483. The van der Waals surface area contributed by atoms with Crippen LogP contribution in [-0.4, -0.2) is 46.9 Å². The zero-order valence-corrected chi connectivity index (χ0v) is 12.7. The predicted octanol–water partition coefficient (Wildman–Crippen LogP) is 1.80. The molecule has 0 radical (unpaired) electrons. The zero-order valence-electron chi connectivity index (χ0n) is 12.7. The molecule has 0 amide bonds. The second-order valence-corrected chi connectivity index (χ2v) is 5.92. The van der Waals surface area contributed by atoms with E-state index in [-0.39, 0.29) is 6.10 Å². The maximum absolute atomic E-state index is 9.95. The van der Waals surface area contributed by atoms with Crippen molar-refractivity contribution < 1.29 is 9.84 Å². The van der Waals surface area contributed by atoms with Crippen LogP contribution in [0.4, 0.5) is 11.6 Å². The lowest BCUT2D eigenvalue weighted by atomic mass is 10.00. The third-order valence-corrected chi connectivity index (χ3v) is 4.48. The molecular weight excluding hydrogens is 268 g/mol. The average molecular weight is 292 g/mol. The van der Waals surface area contributed by atoms with Crippen molar-refractivity contribution in [2.24, 2.45) is 0 Å². The lowest BCUT2D eigenvalue weighted by Gasteiger charge is -2.38. The number of anilines is 2. The number of hydrogen-bond donors (Lipinski definition) is 2. The highest BCUT2D eigenvalue weighted by atomic mass is 16.5. The molecule has 6 heteroatoms. The summed E-state index contributed by atoms with van der Waals surface area (Å²) >= 11 is 0. The standard InChI is InChI=1S/C15H24N4O2/c1-3-6-16-14-13(21-2)15(18-9-17-14)19-10-4-5-11(19)8-12(20)7-10/h9-12,20H,3-8H2,1-2H3,(H,16,17,18). The van der Waals surface area contributed by atoms with Gasteiger partial charge in [-0.05, 0) is 32.1 Å². The Morgan fingerprint density at radius 1 is 1.33 bits per heavy atom. The Balaban J connectivity index is 1.91. The lowest BCUT2D eigenvalue weighted by Crippen LogP contribution is -2.45. The van der Waals surface area contributed by atoms with Crippen molar-refractivity contribution >= 4 is 11.6 Å². The first-order chi connectivity index (χ1) is 10.2. The maximum atomic E-state index is 9.95. The molecule has 2 atom stereocenters. The molecule has 0 spiro atoms. The van der Waals surface area contributed by atoms with E-state index in [0.717, 1.165) is 56.0 Å². The first-order valence-electron chi connectivity index (χ1n) is 7.83. The summed E-state index contributed by atoms with van der Waals surface area (Å²) in [4.78, 5) is 11.1. The van der Waals surface area contributed by atoms with Gasteiger partial charge >= 0.3 is 0 Å². The SMILES string of the molecule is CCCNc1ncnc(N2C3CCC2CC(O)C3)c1OC. The van der Waals surface area contributed by atoms with Crippen LogP contribution in [0.25, 0.3) is 0 Å². The number of fused-ring (bicyclic) bond motifs is 2. The molecule has 2 bridgehead atoms. The second kappa shape index (κ2) is 6.05. The number of hydrogen-bond acceptors (Lipinski definition) is 6. The molecule has 1 aromatic heterocycles. The topological polar surface area (TPSA) is 70.5 Å². The summed E-state index contributed by atoms with van der Waals surface area (Å²) in [6.45, 7) is 2.98. The first-order valence-corrected chi connectivity index (χ1v) is 7.83. The molecule has 2 aliphatic rings. The number of nitrogens with one attached hydrogen (secondary N) is 1. The number of rotatable bonds is 5. The summed E-state index contributed by atoms with van der Waals surface area (Å²) in [7, 11) is 1.67. The van der Waals surface area contributed by atoms with Crippen molar-refractivity contribution in [1.82, 2.24) is 9.97 Å². The van der Waals surface area contributed by atoms with Gasteiger partial charge in [0, 0.05) is 18.6 Å². The number of ether oxygens (including phenoxy) is 1. The molecule has 6 nitrogen and oxygen atoms in total. The van der Waals surface area contributed by atoms with E-state index in [4.69, 9.17) is 4.74 Å². The van der Waals surface area contributed by atoms with E-state index >= 15 is 0 Å². The third kappa shape index (κ3) is 2.64.